The first-order chi connectivity index (χ1) is 6.33. The van der Waals surface area contributed by atoms with Gasteiger partial charge in [0.25, 0.3) is 0 Å². The van der Waals surface area contributed by atoms with Crippen LogP contribution in [-0.2, 0) is 0 Å². The van der Waals surface area contributed by atoms with E-state index in [4.69, 9.17) is 0 Å². The lowest BCUT2D eigenvalue weighted by Gasteiger charge is -1.97. The van der Waals surface area contributed by atoms with E-state index >= 15 is 0 Å². The molecule has 0 saturated heterocycles. The van der Waals surface area contributed by atoms with E-state index in [0.29, 0.717) is 0 Å². The van der Waals surface area contributed by atoms with Crippen molar-refractivity contribution in [3.63, 3.8) is 0 Å². The molecule has 0 bridgehead atoms. The fourth-order valence-electron chi connectivity index (χ4n) is 0.747. The van der Waals surface area contributed by atoms with E-state index in [9.17, 15) is 0 Å². The van der Waals surface area contributed by atoms with Gasteiger partial charge in [-0.1, -0.05) is 13.3 Å². The van der Waals surface area contributed by atoms with Gasteiger partial charge in [0.05, 0.1) is 0 Å². The lowest BCUT2D eigenvalue weighted by Crippen LogP contribution is -1.91. The van der Waals surface area contributed by atoms with Gasteiger partial charge in [-0.15, -0.1) is 0 Å². The molecule has 0 aliphatic carbocycles. The van der Waals surface area contributed by atoms with Crippen molar-refractivity contribution in [2.45, 2.75) is 19.8 Å². The number of nitrogens with zero attached hydrogens (tertiary/aromatic N) is 2. The molecule has 0 atom stereocenters. The van der Waals surface area contributed by atoms with Gasteiger partial charge in [-0.2, -0.15) is 5.10 Å². The van der Waals surface area contributed by atoms with Crippen LogP contribution in [0.3, 0.4) is 0 Å². The van der Waals surface area contributed by atoms with Gasteiger partial charge >= 0.3 is 0 Å². The van der Waals surface area contributed by atoms with Crippen molar-refractivity contribution in [2.24, 2.45) is 5.10 Å². The van der Waals surface area contributed by atoms with Gasteiger partial charge < -0.3 is 0 Å². The van der Waals surface area contributed by atoms with E-state index in [1.165, 1.54) is 0 Å². The SMILES string of the molecule is CCC/C=N/Nc1ccc(Br)cn1. The molecule has 0 amide bonds. The molecular formula is C9H12BrN3. The van der Waals surface area contributed by atoms with Gasteiger partial charge in [-0.3, -0.25) is 5.43 Å². The van der Waals surface area contributed by atoms with Gasteiger partial charge in [0.1, 0.15) is 5.82 Å². The maximum Gasteiger partial charge on any atom is 0.146 e. The first kappa shape index (κ1) is 10.2. The molecule has 4 heteroatoms. The van der Waals surface area contributed by atoms with Crippen molar-refractivity contribution >= 4 is 28.0 Å². The van der Waals surface area contributed by atoms with Crippen molar-refractivity contribution in [3.05, 3.63) is 22.8 Å². The minimum absolute atomic E-state index is 0.760. The lowest BCUT2D eigenvalue weighted by atomic mass is 10.4. The normalized spacial score (nSPS) is 10.6. The van der Waals surface area contributed by atoms with Crippen molar-refractivity contribution in [1.82, 2.24) is 4.98 Å². The maximum absolute atomic E-state index is 4.10. The van der Waals surface area contributed by atoms with E-state index in [-0.39, 0.29) is 0 Å². The van der Waals surface area contributed by atoms with Gasteiger partial charge in [0.15, 0.2) is 0 Å². The third-order valence-corrected chi connectivity index (χ3v) is 1.88. The summed E-state index contributed by atoms with van der Waals surface area (Å²) in [6, 6.07) is 3.79. The Kier molecular flexibility index (Phi) is 4.46. The number of anilines is 1. The van der Waals surface area contributed by atoms with E-state index in [0.717, 1.165) is 23.1 Å². The predicted octanol–water partition coefficient (Wildman–Crippen LogP) is 3.04. The number of halogens is 1. The second-order valence-electron chi connectivity index (χ2n) is 2.57. The summed E-state index contributed by atoms with van der Waals surface area (Å²) in [7, 11) is 0. The highest BCUT2D eigenvalue weighted by Gasteiger charge is 1.89. The molecular weight excluding hydrogens is 230 g/mol. The Morgan fingerprint density at radius 2 is 2.46 bits per heavy atom. The minimum Gasteiger partial charge on any atom is -0.262 e. The van der Waals surface area contributed by atoms with Crippen LogP contribution in [0.4, 0.5) is 5.82 Å². The van der Waals surface area contributed by atoms with Crippen LogP contribution in [0.15, 0.2) is 27.9 Å². The van der Waals surface area contributed by atoms with E-state index < -0.39 is 0 Å². The second-order valence-corrected chi connectivity index (χ2v) is 3.49. The van der Waals surface area contributed by atoms with Crippen LogP contribution < -0.4 is 5.43 Å². The molecule has 0 aromatic carbocycles. The standard InChI is InChI=1S/C9H12BrN3/c1-2-3-6-12-13-9-5-4-8(10)7-11-9/h4-7H,2-3H2,1H3,(H,11,13)/b12-6+. The summed E-state index contributed by atoms with van der Waals surface area (Å²) in [6.07, 6.45) is 5.68. The van der Waals surface area contributed by atoms with Crippen LogP contribution in [0.1, 0.15) is 19.8 Å². The van der Waals surface area contributed by atoms with Crippen molar-refractivity contribution in [1.29, 1.82) is 0 Å². The van der Waals surface area contributed by atoms with Crippen molar-refractivity contribution in [3.8, 4) is 0 Å². The molecule has 13 heavy (non-hydrogen) atoms. The van der Waals surface area contributed by atoms with Crippen LogP contribution in [0, 0.1) is 0 Å². The minimum atomic E-state index is 0.760. The summed E-state index contributed by atoms with van der Waals surface area (Å²) in [6.45, 7) is 2.11. The Morgan fingerprint density at radius 1 is 1.62 bits per heavy atom. The average Bonchev–Trinajstić information content (AvgIpc) is 2.15. The van der Waals surface area contributed by atoms with Gasteiger partial charge in [-0.05, 0) is 34.5 Å². The molecule has 1 N–H and O–H groups in total. The fourth-order valence-corrected chi connectivity index (χ4v) is 0.982. The highest BCUT2D eigenvalue weighted by Crippen LogP contribution is 2.09. The molecule has 70 valence electrons. The number of nitrogens with one attached hydrogen (secondary N) is 1. The number of rotatable bonds is 4. The summed E-state index contributed by atoms with van der Waals surface area (Å²) in [5.41, 5.74) is 2.84. The Balaban J connectivity index is 2.41. The zero-order valence-corrected chi connectivity index (χ0v) is 9.08. The van der Waals surface area contributed by atoms with Gasteiger partial charge in [0, 0.05) is 16.9 Å². The average molecular weight is 242 g/mol. The highest BCUT2D eigenvalue weighted by molar-refractivity contribution is 9.10. The Labute approximate surface area is 86.4 Å². The molecule has 1 aromatic heterocycles. The van der Waals surface area contributed by atoms with Crippen LogP contribution in [0.2, 0.25) is 0 Å². The van der Waals surface area contributed by atoms with E-state index in [1.54, 1.807) is 6.20 Å². The van der Waals surface area contributed by atoms with Crippen LogP contribution in [0.5, 0.6) is 0 Å². The van der Waals surface area contributed by atoms with Crippen LogP contribution >= 0.6 is 15.9 Å². The number of hydrogen-bond acceptors (Lipinski definition) is 3. The summed E-state index contributed by atoms with van der Waals surface area (Å²) in [5.74, 6) is 0.760. The van der Waals surface area contributed by atoms with E-state index in [2.05, 4.69) is 38.4 Å². The van der Waals surface area contributed by atoms with E-state index in [1.807, 2.05) is 18.3 Å². The molecule has 0 spiro atoms. The third kappa shape index (κ3) is 4.03. The zero-order chi connectivity index (χ0) is 9.52. The molecule has 3 nitrogen and oxygen atoms in total. The number of hydrogen-bond donors (Lipinski definition) is 1. The molecule has 0 unspecified atom stereocenters. The summed E-state index contributed by atoms with van der Waals surface area (Å²) in [5, 5.41) is 4.01. The number of aromatic nitrogens is 1. The molecule has 0 aliphatic rings. The largest absolute Gasteiger partial charge is 0.262 e. The zero-order valence-electron chi connectivity index (χ0n) is 7.50. The maximum atomic E-state index is 4.10. The number of hydrazone groups is 1. The molecule has 0 fully saturated rings. The Morgan fingerprint density at radius 3 is 3.08 bits per heavy atom. The molecule has 1 rings (SSSR count). The molecule has 0 radical (unpaired) electrons. The summed E-state index contributed by atoms with van der Waals surface area (Å²) < 4.78 is 0.968. The molecule has 0 saturated carbocycles. The quantitative estimate of drug-likeness (QED) is 0.650. The Bertz CT molecular complexity index is 269. The number of pyridine rings is 1. The molecule has 0 aliphatic heterocycles. The Hall–Kier alpha value is -0.900. The highest BCUT2D eigenvalue weighted by atomic mass is 79.9. The predicted molar refractivity (Wildman–Crippen MR) is 59.0 cm³/mol. The molecule has 1 heterocycles. The smallest absolute Gasteiger partial charge is 0.146 e. The lowest BCUT2D eigenvalue weighted by molar-refractivity contribution is 1.00. The topological polar surface area (TPSA) is 37.3 Å². The first-order valence-electron chi connectivity index (χ1n) is 4.22. The summed E-state index contributed by atoms with van der Waals surface area (Å²) in [4.78, 5) is 4.10. The fraction of sp³-hybridized carbons (Fsp3) is 0.333. The molecule has 1 aromatic rings. The first-order valence-corrected chi connectivity index (χ1v) is 5.01. The van der Waals surface area contributed by atoms with Crippen molar-refractivity contribution in [2.75, 3.05) is 5.43 Å². The van der Waals surface area contributed by atoms with Crippen LogP contribution in [-0.4, -0.2) is 11.2 Å². The third-order valence-electron chi connectivity index (χ3n) is 1.42. The second kappa shape index (κ2) is 5.70. The summed E-state index contributed by atoms with van der Waals surface area (Å²) >= 11 is 3.31. The number of unbranched alkanes of at least 4 members (excludes halogenated alkanes) is 1. The van der Waals surface area contributed by atoms with Crippen LogP contribution in [0.25, 0.3) is 0 Å². The van der Waals surface area contributed by atoms with Gasteiger partial charge in [0.2, 0.25) is 0 Å². The van der Waals surface area contributed by atoms with Gasteiger partial charge in [-0.25, -0.2) is 4.98 Å². The van der Waals surface area contributed by atoms with Crippen molar-refractivity contribution < 1.29 is 0 Å². The monoisotopic (exact) mass is 241 g/mol.